The lowest BCUT2D eigenvalue weighted by Gasteiger charge is -2.33. The molecule has 2 aromatic heterocycles. The average Bonchev–Trinajstić information content (AvgIpc) is 3.19. The molecule has 0 fully saturated rings. The monoisotopic (exact) mass is 374 g/mol. The standard InChI is InChI=1S/C20H26N2OS2/c1-5-14-7-8-15(25-14)11-21-22-19(23)17-12-24-18-10-13(20(2,3)4)6-9-16(17)18/h7-8,11-13H,5-6,9-10H2,1-4H3,(H,22,23)/t13-/m1/s1. The fraction of sp³-hybridized carbons (Fsp3) is 0.500. The number of hydrogen-bond acceptors (Lipinski definition) is 4. The Labute approximate surface area is 158 Å². The summed E-state index contributed by atoms with van der Waals surface area (Å²) >= 11 is 3.43. The Kier molecular flexibility index (Phi) is 5.44. The van der Waals surface area contributed by atoms with Crippen LogP contribution in [0.3, 0.4) is 0 Å². The summed E-state index contributed by atoms with van der Waals surface area (Å²) in [6.07, 6.45) is 6.01. The molecule has 2 aromatic rings. The van der Waals surface area contributed by atoms with E-state index in [9.17, 15) is 4.79 Å². The van der Waals surface area contributed by atoms with Gasteiger partial charge in [0.15, 0.2) is 0 Å². The summed E-state index contributed by atoms with van der Waals surface area (Å²) in [6, 6.07) is 4.15. The molecular formula is C20H26N2OS2. The summed E-state index contributed by atoms with van der Waals surface area (Å²) in [6.45, 7) is 9.08. The minimum absolute atomic E-state index is 0.0878. The highest BCUT2D eigenvalue weighted by Crippen LogP contribution is 2.40. The molecule has 1 aliphatic carbocycles. The van der Waals surface area contributed by atoms with Crippen LogP contribution in [-0.4, -0.2) is 12.1 Å². The Balaban J connectivity index is 1.65. The first kappa shape index (κ1) is 18.3. The molecule has 0 saturated heterocycles. The molecule has 1 aliphatic rings. The number of amides is 1. The number of rotatable bonds is 4. The van der Waals surface area contributed by atoms with E-state index in [1.54, 1.807) is 28.9 Å². The van der Waals surface area contributed by atoms with E-state index in [4.69, 9.17) is 0 Å². The topological polar surface area (TPSA) is 41.5 Å². The van der Waals surface area contributed by atoms with Crippen LogP contribution in [0.1, 0.15) is 64.7 Å². The van der Waals surface area contributed by atoms with Crippen LogP contribution in [0, 0.1) is 11.3 Å². The maximum Gasteiger partial charge on any atom is 0.272 e. The smallest absolute Gasteiger partial charge is 0.267 e. The quantitative estimate of drug-likeness (QED) is 0.573. The highest BCUT2D eigenvalue weighted by atomic mass is 32.1. The summed E-state index contributed by atoms with van der Waals surface area (Å²) in [7, 11) is 0. The van der Waals surface area contributed by atoms with Crippen molar-refractivity contribution < 1.29 is 4.79 Å². The molecule has 0 bridgehead atoms. The second-order valence-electron chi connectivity index (χ2n) is 7.71. The number of nitrogens with zero attached hydrogens (tertiary/aromatic N) is 1. The first-order valence-corrected chi connectivity index (χ1v) is 10.6. The summed E-state index contributed by atoms with van der Waals surface area (Å²) in [4.78, 5) is 16.3. The zero-order chi connectivity index (χ0) is 18.0. The lowest BCUT2D eigenvalue weighted by atomic mass is 9.72. The van der Waals surface area contributed by atoms with Crippen molar-refractivity contribution in [2.75, 3.05) is 0 Å². The third-order valence-electron chi connectivity index (χ3n) is 5.01. The molecule has 3 rings (SSSR count). The first-order valence-electron chi connectivity index (χ1n) is 8.89. The molecule has 0 saturated carbocycles. The van der Waals surface area contributed by atoms with E-state index in [0.29, 0.717) is 11.3 Å². The van der Waals surface area contributed by atoms with Crippen LogP contribution >= 0.6 is 22.7 Å². The maximum atomic E-state index is 12.5. The van der Waals surface area contributed by atoms with Gasteiger partial charge in [-0.2, -0.15) is 5.10 Å². The van der Waals surface area contributed by atoms with Crippen molar-refractivity contribution in [3.05, 3.63) is 43.3 Å². The number of carbonyl (C=O) groups is 1. The molecule has 0 spiro atoms. The van der Waals surface area contributed by atoms with Gasteiger partial charge in [0.1, 0.15) is 0 Å². The second-order valence-corrected chi connectivity index (χ2v) is 9.88. The van der Waals surface area contributed by atoms with Gasteiger partial charge in [-0.1, -0.05) is 27.7 Å². The molecule has 5 heteroatoms. The van der Waals surface area contributed by atoms with Gasteiger partial charge < -0.3 is 0 Å². The molecule has 3 nitrogen and oxygen atoms in total. The molecule has 0 radical (unpaired) electrons. The van der Waals surface area contributed by atoms with Gasteiger partial charge in [0, 0.05) is 20.0 Å². The minimum Gasteiger partial charge on any atom is -0.267 e. The van der Waals surface area contributed by atoms with Gasteiger partial charge in [-0.25, -0.2) is 5.43 Å². The molecule has 0 aliphatic heterocycles. The Morgan fingerprint density at radius 1 is 1.40 bits per heavy atom. The molecule has 2 heterocycles. The minimum atomic E-state index is -0.0878. The average molecular weight is 375 g/mol. The van der Waals surface area contributed by atoms with Gasteiger partial charge in [0.25, 0.3) is 5.91 Å². The number of thiophene rings is 2. The molecule has 25 heavy (non-hydrogen) atoms. The van der Waals surface area contributed by atoms with Crippen LogP contribution < -0.4 is 5.43 Å². The van der Waals surface area contributed by atoms with Crippen LogP contribution in [-0.2, 0) is 19.3 Å². The van der Waals surface area contributed by atoms with E-state index < -0.39 is 0 Å². The zero-order valence-electron chi connectivity index (χ0n) is 15.4. The number of hydrogen-bond donors (Lipinski definition) is 1. The van der Waals surface area contributed by atoms with Crippen LogP contribution in [0.4, 0.5) is 0 Å². The summed E-state index contributed by atoms with van der Waals surface area (Å²) in [5, 5.41) is 6.14. The lowest BCUT2D eigenvalue weighted by molar-refractivity contribution is 0.0954. The van der Waals surface area contributed by atoms with Gasteiger partial charge in [0.2, 0.25) is 0 Å². The molecule has 0 unspecified atom stereocenters. The van der Waals surface area contributed by atoms with Crippen molar-refractivity contribution in [2.24, 2.45) is 16.4 Å². The van der Waals surface area contributed by atoms with E-state index in [2.05, 4.69) is 44.3 Å². The highest BCUT2D eigenvalue weighted by Gasteiger charge is 2.31. The molecule has 134 valence electrons. The van der Waals surface area contributed by atoms with E-state index in [1.807, 2.05) is 11.4 Å². The van der Waals surface area contributed by atoms with Crippen molar-refractivity contribution in [1.29, 1.82) is 0 Å². The molecular weight excluding hydrogens is 348 g/mol. The fourth-order valence-corrected chi connectivity index (χ4v) is 5.30. The predicted octanol–water partition coefficient (Wildman–Crippen LogP) is 5.29. The van der Waals surface area contributed by atoms with E-state index in [1.165, 1.54) is 15.3 Å². The van der Waals surface area contributed by atoms with Gasteiger partial charge in [0.05, 0.1) is 11.8 Å². The van der Waals surface area contributed by atoms with Gasteiger partial charge in [-0.05, 0) is 54.7 Å². The fourth-order valence-electron chi connectivity index (χ4n) is 3.31. The van der Waals surface area contributed by atoms with Crippen molar-refractivity contribution in [1.82, 2.24) is 5.43 Å². The Morgan fingerprint density at radius 2 is 2.20 bits per heavy atom. The third-order valence-corrected chi connectivity index (χ3v) is 7.23. The van der Waals surface area contributed by atoms with Gasteiger partial charge >= 0.3 is 0 Å². The van der Waals surface area contributed by atoms with Crippen molar-refractivity contribution >= 4 is 34.8 Å². The summed E-state index contributed by atoms with van der Waals surface area (Å²) in [5.41, 5.74) is 5.07. The number of hydrazone groups is 1. The predicted molar refractivity (Wildman–Crippen MR) is 108 cm³/mol. The SMILES string of the molecule is CCc1ccc(C=NNC(=O)c2csc3c2CC[C@@H](C(C)(C)C)C3)s1. The van der Waals surface area contributed by atoms with E-state index in [-0.39, 0.29) is 5.91 Å². The van der Waals surface area contributed by atoms with E-state index in [0.717, 1.165) is 36.1 Å². The number of carbonyl (C=O) groups excluding carboxylic acids is 1. The molecule has 0 aromatic carbocycles. The number of aryl methyl sites for hydroxylation is 1. The van der Waals surface area contributed by atoms with Crippen LogP contribution in [0.2, 0.25) is 0 Å². The van der Waals surface area contributed by atoms with Crippen LogP contribution in [0.25, 0.3) is 0 Å². The zero-order valence-corrected chi connectivity index (χ0v) is 17.0. The highest BCUT2D eigenvalue weighted by molar-refractivity contribution is 7.13. The van der Waals surface area contributed by atoms with Crippen LogP contribution in [0.15, 0.2) is 22.6 Å². The maximum absolute atomic E-state index is 12.5. The van der Waals surface area contributed by atoms with E-state index >= 15 is 0 Å². The number of nitrogens with one attached hydrogen (secondary N) is 1. The molecule has 1 N–H and O–H groups in total. The number of fused-ring (bicyclic) bond motifs is 1. The van der Waals surface area contributed by atoms with Gasteiger partial charge in [-0.3, -0.25) is 4.79 Å². The Morgan fingerprint density at radius 3 is 2.88 bits per heavy atom. The largest absolute Gasteiger partial charge is 0.272 e. The normalized spacial score (nSPS) is 17.7. The summed E-state index contributed by atoms with van der Waals surface area (Å²) in [5.74, 6) is 0.606. The van der Waals surface area contributed by atoms with Crippen LogP contribution in [0.5, 0.6) is 0 Å². The third kappa shape index (κ3) is 4.21. The Bertz CT molecular complexity index is 780. The Hall–Kier alpha value is -1.46. The van der Waals surface area contributed by atoms with Crippen molar-refractivity contribution in [3.63, 3.8) is 0 Å². The van der Waals surface area contributed by atoms with Gasteiger partial charge in [-0.15, -0.1) is 22.7 Å². The van der Waals surface area contributed by atoms with Crippen molar-refractivity contribution in [3.8, 4) is 0 Å². The summed E-state index contributed by atoms with van der Waals surface area (Å²) < 4.78 is 0. The molecule has 1 amide bonds. The molecule has 1 atom stereocenters. The second kappa shape index (κ2) is 7.42. The van der Waals surface area contributed by atoms with Crippen molar-refractivity contribution in [2.45, 2.75) is 53.4 Å². The lowest BCUT2D eigenvalue weighted by Crippen LogP contribution is -2.27. The first-order chi connectivity index (χ1) is 11.9.